The molecule has 0 radical (unpaired) electrons. The number of carbonyl (C=O) groups is 1. The van der Waals surface area contributed by atoms with Crippen molar-refractivity contribution in [2.45, 2.75) is 97.1 Å². The van der Waals surface area contributed by atoms with Crippen LogP contribution in [-0.2, 0) is 11.3 Å². The highest BCUT2D eigenvalue weighted by atomic mass is 16.3. The van der Waals surface area contributed by atoms with Gasteiger partial charge >= 0.3 is 0 Å². The smallest absolute Gasteiger partial charge is 0.162 e. The molecule has 1 aromatic rings. The Morgan fingerprint density at radius 2 is 1.83 bits per heavy atom. The second-order valence-electron chi connectivity index (χ2n) is 11.8. The number of nitrogens with zero attached hydrogens (tertiary/aromatic N) is 4. The van der Waals surface area contributed by atoms with E-state index in [9.17, 15) is 9.90 Å². The van der Waals surface area contributed by atoms with Crippen LogP contribution in [0, 0.1) is 40.4 Å². The first kappa shape index (κ1) is 20.6. The molecule has 0 amide bonds. The zero-order valence-corrected chi connectivity index (χ0v) is 18.9. The average molecular weight is 415 g/mol. The first-order valence-corrected chi connectivity index (χ1v) is 12.2. The first-order valence-electron chi connectivity index (χ1n) is 12.2. The minimum atomic E-state index is -0.474. The van der Waals surface area contributed by atoms with E-state index in [4.69, 9.17) is 0 Å². The number of ketones is 1. The number of hydrogen-bond acceptors (Lipinski definition) is 5. The molecule has 4 aliphatic carbocycles. The van der Waals surface area contributed by atoms with Crippen LogP contribution in [0.5, 0.6) is 0 Å². The number of Topliss-reactive ketones (excluding diaryl/α,β-unsaturated/α-hetero) is 1. The van der Waals surface area contributed by atoms with E-state index in [1.165, 1.54) is 49.6 Å². The number of aliphatic hydroxyl groups is 1. The summed E-state index contributed by atoms with van der Waals surface area (Å²) in [7, 11) is 0. The second-order valence-corrected chi connectivity index (χ2v) is 11.8. The van der Waals surface area contributed by atoms with Crippen molar-refractivity contribution in [3.05, 3.63) is 6.33 Å². The highest BCUT2D eigenvalue weighted by molar-refractivity contribution is 5.81. The summed E-state index contributed by atoms with van der Waals surface area (Å²) >= 11 is 0. The fourth-order valence-electron chi connectivity index (χ4n) is 8.67. The topological polar surface area (TPSA) is 80.9 Å². The maximum absolute atomic E-state index is 13.3. The van der Waals surface area contributed by atoms with Gasteiger partial charge in [-0.2, -0.15) is 4.80 Å². The third kappa shape index (κ3) is 3.16. The Morgan fingerprint density at radius 3 is 2.60 bits per heavy atom. The van der Waals surface area contributed by atoms with Gasteiger partial charge in [0.2, 0.25) is 0 Å². The molecule has 6 heteroatoms. The molecule has 1 N–H and O–H groups in total. The van der Waals surface area contributed by atoms with Crippen LogP contribution in [-0.4, -0.2) is 36.7 Å². The molecule has 166 valence electrons. The summed E-state index contributed by atoms with van der Waals surface area (Å²) in [5.74, 6) is 3.24. The SMILES string of the molecule is C[C@@]1(O)CC[C@@]2(C)[C@@H](CC[C@@H]3[C@@H]2CC[C@]2(C)[C@@H](C(=O)Cn4ncnn4)CCC[C@@H]32)C1. The number of carbonyl (C=O) groups excluding carboxylic acids is 1. The molecule has 0 bridgehead atoms. The molecule has 30 heavy (non-hydrogen) atoms. The van der Waals surface area contributed by atoms with E-state index in [0.717, 1.165) is 37.5 Å². The van der Waals surface area contributed by atoms with Gasteiger partial charge in [-0.15, -0.1) is 10.2 Å². The molecule has 0 spiro atoms. The Bertz CT molecular complexity index is 793. The van der Waals surface area contributed by atoms with E-state index < -0.39 is 5.60 Å². The van der Waals surface area contributed by atoms with Crippen LogP contribution in [0.3, 0.4) is 0 Å². The number of rotatable bonds is 3. The number of tetrazole rings is 1. The van der Waals surface area contributed by atoms with Crippen molar-refractivity contribution in [1.82, 2.24) is 20.2 Å². The quantitative estimate of drug-likeness (QED) is 0.807. The molecule has 8 atom stereocenters. The van der Waals surface area contributed by atoms with Crippen molar-refractivity contribution in [2.24, 2.45) is 40.4 Å². The van der Waals surface area contributed by atoms with Crippen molar-refractivity contribution in [2.75, 3.05) is 0 Å². The van der Waals surface area contributed by atoms with Crippen molar-refractivity contribution in [3.63, 3.8) is 0 Å². The summed E-state index contributed by atoms with van der Waals surface area (Å²) < 4.78 is 0. The molecule has 4 saturated carbocycles. The molecule has 6 nitrogen and oxygen atoms in total. The lowest BCUT2D eigenvalue weighted by Gasteiger charge is -2.64. The summed E-state index contributed by atoms with van der Waals surface area (Å²) in [6.07, 6.45) is 12.9. The lowest BCUT2D eigenvalue weighted by Crippen LogP contribution is -2.58. The van der Waals surface area contributed by atoms with E-state index in [0.29, 0.717) is 23.0 Å². The highest BCUT2D eigenvalue weighted by Gasteiger charge is 2.60. The molecule has 0 unspecified atom stereocenters. The summed E-state index contributed by atoms with van der Waals surface area (Å²) in [5, 5.41) is 22.4. The Balaban J connectivity index is 1.38. The monoisotopic (exact) mass is 414 g/mol. The maximum atomic E-state index is 13.3. The summed E-state index contributed by atoms with van der Waals surface area (Å²) in [4.78, 5) is 14.7. The fraction of sp³-hybridized carbons (Fsp3) is 0.917. The zero-order chi connectivity index (χ0) is 21.1. The van der Waals surface area contributed by atoms with Gasteiger partial charge in [-0.25, -0.2) is 0 Å². The predicted molar refractivity (Wildman–Crippen MR) is 113 cm³/mol. The molecule has 0 saturated heterocycles. The van der Waals surface area contributed by atoms with Crippen molar-refractivity contribution >= 4 is 5.78 Å². The lowest BCUT2D eigenvalue weighted by atomic mass is 9.41. The number of fused-ring (bicyclic) bond motifs is 5. The molecule has 0 aliphatic heterocycles. The second kappa shape index (κ2) is 7.11. The molecular formula is C24H38N4O2. The normalized spacial score (nSPS) is 48.3. The first-order chi connectivity index (χ1) is 14.2. The molecule has 4 fully saturated rings. The van der Waals surface area contributed by atoms with E-state index in [-0.39, 0.29) is 17.9 Å². The van der Waals surface area contributed by atoms with Gasteiger partial charge in [0.05, 0.1) is 5.60 Å². The van der Waals surface area contributed by atoms with Crippen LogP contribution in [0.4, 0.5) is 0 Å². The van der Waals surface area contributed by atoms with Crippen LogP contribution in [0.2, 0.25) is 0 Å². The summed E-state index contributed by atoms with van der Waals surface area (Å²) in [6, 6.07) is 0. The van der Waals surface area contributed by atoms with Crippen LogP contribution in [0.25, 0.3) is 0 Å². The van der Waals surface area contributed by atoms with Gasteiger partial charge in [-0.3, -0.25) is 4.79 Å². The van der Waals surface area contributed by atoms with Gasteiger partial charge in [0.1, 0.15) is 6.54 Å². The lowest BCUT2D eigenvalue weighted by molar-refractivity contribution is -0.169. The minimum absolute atomic E-state index is 0.112. The number of aromatic nitrogens is 4. The largest absolute Gasteiger partial charge is 0.390 e. The van der Waals surface area contributed by atoms with Gasteiger partial charge in [0, 0.05) is 5.92 Å². The molecule has 4 aliphatic rings. The van der Waals surface area contributed by atoms with E-state index in [1.807, 2.05) is 6.92 Å². The zero-order valence-electron chi connectivity index (χ0n) is 18.9. The third-order valence-corrected chi connectivity index (χ3v) is 10.3. The van der Waals surface area contributed by atoms with Crippen LogP contribution in [0.15, 0.2) is 6.33 Å². The fourth-order valence-corrected chi connectivity index (χ4v) is 8.67. The Morgan fingerprint density at radius 1 is 1.03 bits per heavy atom. The van der Waals surface area contributed by atoms with Gasteiger partial charge in [0.25, 0.3) is 0 Å². The van der Waals surface area contributed by atoms with Gasteiger partial charge in [-0.1, -0.05) is 20.3 Å². The van der Waals surface area contributed by atoms with Crippen molar-refractivity contribution in [3.8, 4) is 0 Å². The minimum Gasteiger partial charge on any atom is -0.390 e. The summed E-state index contributed by atoms with van der Waals surface area (Å²) in [5.41, 5.74) is 0.00642. The van der Waals surface area contributed by atoms with Crippen LogP contribution in [0.1, 0.15) is 85.0 Å². The average Bonchev–Trinajstić information content (AvgIpc) is 3.20. The molecule has 5 rings (SSSR count). The van der Waals surface area contributed by atoms with E-state index >= 15 is 0 Å². The van der Waals surface area contributed by atoms with Crippen molar-refractivity contribution < 1.29 is 9.90 Å². The van der Waals surface area contributed by atoms with Crippen LogP contribution >= 0.6 is 0 Å². The predicted octanol–water partition coefficient (Wildman–Crippen LogP) is 4.04. The Kier molecular flexibility index (Phi) is 4.88. The van der Waals surface area contributed by atoms with Crippen molar-refractivity contribution in [1.29, 1.82) is 0 Å². The van der Waals surface area contributed by atoms with E-state index in [2.05, 4.69) is 29.3 Å². The molecule has 1 aromatic heterocycles. The van der Waals surface area contributed by atoms with E-state index in [1.54, 1.807) is 0 Å². The molecule has 0 aromatic carbocycles. The standard InChI is InChI=1S/C24H38N4O2/c1-22(30)11-12-23(2)16(13-22)7-8-17-18-5-4-6-20(24(18,3)10-9-19(17)23)21(29)14-28-26-15-25-27-28/h15-20,30H,4-14H2,1-3H3/t16-,17-,18-,19-,20+,22+,23-,24-/m0/s1. The highest BCUT2D eigenvalue weighted by Crippen LogP contribution is 2.67. The number of hydrogen-bond donors (Lipinski definition) is 1. The Hall–Kier alpha value is -1.30. The summed E-state index contributed by atoms with van der Waals surface area (Å²) in [6.45, 7) is 7.26. The van der Waals surface area contributed by atoms with Crippen LogP contribution < -0.4 is 0 Å². The molecule has 1 heterocycles. The molecular weight excluding hydrogens is 376 g/mol. The maximum Gasteiger partial charge on any atom is 0.162 e. The van der Waals surface area contributed by atoms with Gasteiger partial charge in [-0.05, 0) is 104 Å². The van der Waals surface area contributed by atoms with Gasteiger partial charge in [0.15, 0.2) is 12.1 Å². The third-order valence-electron chi connectivity index (χ3n) is 10.3. The Labute approximate surface area is 180 Å². The van der Waals surface area contributed by atoms with Gasteiger partial charge < -0.3 is 5.11 Å².